The molecule has 0 amide bonds. The molecule has 2 rings (SSSR count). The summed E-state index contributed by atoms with van der Waals surface area (Å²) in [6, 6.07) is 8.24. The van der Waals surface area contributed by atoms with E-state index in [1.807, 2.05) is 24.5 Å². The van der Waals surface area contributed by atoms with Crippen LogP contribution in [0.25, 0.3) is 0 Å². The summed E-state index contributed by atoms with van der Waals surface area (Å²) in [6.07, 6.45) is 4.56. The first kappa shape index (κ1) is 13.2. The van der Waals surface area contributed by atoms with Gasteiger partial charge in [-0.3, -0.25) is 0 Å². The zero-order valence-electron chi connectivity index (χ0n) is 10.4. The lowest BCUT2D eigenvalue weighted by atomic mass is 10.1. The van der Waals surface area contributed by atoms with Gasteiger partial charge in [0.25, 0.3) is 0 Å². The lowest BCUT2D eigenvalue weighted by molar-refractivity contribution is 0.718. The van der Waals surface area contributed by atoms with Crippen LogP contribution in [0.3, 0.4) is 0 Å². The number of aromatic nitrogens is 2. The van der Waals surface area contributed by atoms with Crippen molar-refractivity contribution in [3.8, 4) is 0 Å². The average Bonchev–Trinajstić information content (AvgIpc) is 2.41. The maximum absolute atomic E-state index is 4.39. The van der Waals surface area contributed by atoms with Crippen LogP contribution in [0.5, 0.6) is 0 Å². The van der Waals surface area contributed by atoms with Crippen LogP contribution in [-0.2, 0) is 13.0 Å². The van der Waals surface area contributed by atoms with E-state index in [0.29, 0.717) is 0 Å². The van der Waals surface area contributed by atoms with E-state index in [4.69, 9.17) is 0 Å². The first-order valence-corrected chi connectivity index (χ1v) is 6.82. The highest BCUT2D eigenvalue weighted by Gasteiger charge is 2.00. The zero-order chi connectivity index (χ0) is 12.8. The molecule has 0 saturated carbocycles. The van der Waals surface area contributed by atoms with Crippen molar-refractivity contribution in [3.05, 3.63) is 58.1 Å². The smallest absolute Gasteiger partial charge is 0.132 e. The van der Waals surface area contributed by atoms with Gasteiger partial charge in [-0.05, 0) is 24.2 Å². The van der Waals surface area contributed by atoms with Crippen LogP contribution in [-0.4, -0.2) is 16.5 Å². The molecule has 0 atom stereocenters. The summed E-state index contributed by atoms with van der Waals surface area (Å²) >= 11 is 3.43. The van der Waals surface area contributed by atoms with Crippen molar-refractivity contribution in [2.45, 2.75) is 19.9 Å². The second-order valence-corrected chi connectivity index (χ2v) is 5.01. The molecule has 0 aliphatic rings. The molecule has 0 aliphatic heterocycles. The zero-order valence-corrected chi connectivity index (χ0v) is 11.9. The number of hydrogen-bond donors (Lipinski definition) is 1. The summed E-state index contributed by atoms with van der Waals surface area (Å²) in [5, 5.41) is 3.25. The van der Waals surface area contributed by atoms with E-state index in [1.54, 1.807) is 0 Å². The maximum Gasteiger partial charge on any atom is 0.132 e. The predicted octanol–water partition coefficient (Wildman–Crippen LogP) is 2.94. The van der Waals surface area contributed by atoms with Gasteiger partial charge in [-0.25, -0.2) is 9.97 Å². The third-order valence-electron chi connectivity index (χ3n) is 2.61. The molecular formula is C14H16BrN3. The molecular weight excluding hydrogens is 290 g/mol. The van der Waals surface area contributed by atoms with Crippen molar-refractivity contribution in [2.75, 3.05) is 6.54 Å². The van der Waals surface area contributed by atoms with Gasteiger partial charge in [0.05, 0.1) is 0 Å². The summed E-state index contributed by atoms with van der Waals surface area (Å²) in [5.74, 6) is 0.859. The minimum Gasteiger partial charge on any atom is -0.313 e. The Hall–Kier alpha value is -1.26. The van der Waals surface area contributed by atoms with Gasteiger partial charge in [0.15, 0.2) is 0 Å². The summed E-state index contributed by atoms with van der Waals surface area (Å²) in [5.41, 5.74) is 2.34. The van der Waals surface area contributed by atoms with Gasteiger partial charge < -0.3 is 5.32 Å². The minimum absolute atomic E-state index is 0.773. The molecule has 1 aromatic heterocycles. The molecule has 0 fully saturated rings. The molecule has 1 N–H and O–H groups in total. The van der Waals surface area contributed by atoms with Gasteiger partial charge in [-0.1, -0.05) is 35.0 Å². The van der Waals surface area contributed by atoms with E-state index in [1.165, 1.54) is 5.56 Å². The van der Waals surface area contributed by atoms with Gasteiger partial charge >= 0.3 is 0 Å². The number of halogens is 1. The maximum atomic E-state index is 4.39. The Morgan fingerprint density at radius 1 is 1.06 bits per heavy atom. The molecule has 18 heavy (non-hydrogen) atoms. The molecule has 1 aromatic carbocycles. The highest BCUT2D eigenvalue weighted by Crippen LogP contribution is 2.12. The van der Waals surface area contributed by atoms with Crippen molar-refractivity contribution in [1.29, 1.82) is 0 Å². The fraction of sp³-hybridized carbons (Fsp3) is 0.286. The lowest BCUT2D eigenvalue weighted by Gasteiger charge is -2.03. The van der Waals surface area contributed by atoms with Gasteiger partial charge in [0.2, 0.25) is 0 Å². The third-order valence-corrected chi connectivity index (χ3v) is 3.14. The van der Waals surface area contributed by atoms with Gasteiger partial charge in [-0.15, -0.1) is 0 Å². The predicted molar refractivity (Wildman–Crippen MR) is 76.4 cm³/mol. The molecule has 0 saturated heterocycles. The van der Waals surface area contributed by atoms with E-state index in [-0.39, 0.29) is 0 Å². The minimum atomic E-state index is 0.773. The molecule has 0 unspecified atom stereocenters. The molecule has 4 heteroatoms. The van der Waals surface area contributed by atoms with Gasteiger partial charge in [-0.2, -0.15) is 0 Å². The third kappa shape index (κ3) is 3.89. The fourth-order valence-corrected chi connectivity index (χ4v) is 1.88. The second-order valence-electron chi connectivity index (χ2n) is 4.09. The largest absolute Gasteiger partial charge is 0.313 e. The Labute approximate surface area is 116 Å². The molecule has 0 radical (unpaired) electrons. The van der Waals surface area contributed by atoms with Crippen LogP contribution in [0.4, 0.5) is 0 Å². The van der Waals surface area contributed by atoms with Crippen LogP contribution >= 0.6 is 15.9 Å². The molecule has 94 valence electrons. The Morgan fingerprint density at radius 3 is 2.33 bits per heavy atom. The van der Waals surface area contributed by atoms with Gasteiger partial charge in [0.1, 0.15) is 5.82 Å². The van der Waals surface area contributed by atoms with Crippen LogP contribution in [0.1, 0.15) is 23.9 Å². The Kier molecular flexibility index (Phi) is 4.84. The summed E-state index contributed by atoms with van der Waals surface area (Å²) in [4.78, 5) is 8.77. The Balaban J connectivity index is 1.99. The summed E-state index contributed by atoms with van der Waals surface area (Å²) < 4.78 is 1.09. The first-order valence-electron chi connectivity index (χ1n) is 6.03. The normalized spacial score (nSPS) is 10.6. The van der Waals surface area contributed by atoms with Gasteiger partial charge in [0, 0.05) is 35.4 Å². The monoisotopic (exact) mass is 305 g/mol. The lowest BCUT2D eigenvalue weighted by Crippen LogP contribution is -2.12. The number of benzene rings is 1. The molecule has 1 heterocycles. The van der Waals surface area contributed by atoms with E-state index >= 15 is 0 Å². The molecule has 2 aromatic rings. The Bertz CT molecular complexity index is 479. The van der Waals surface area contributed by atoms with Crippen molar-refractivity contribution in [1.82, 2.24) is 15.3 Å². The van der Waals surface area contributed by atoms with E-state index in [9.17, 15) is 0 Å². The molecule has 3 nitrogen and oxygen atoms in total. The van der Waals surface area contributed by atoms with Crippen LogP contribution in [0.15, 0.2) is 41.1 Å². The van der Waals surface area contributed by atoms with E-state index in [2.05, 4.69) is 50.3 Å². The standard InChI is InChI=1S/C14H16BrN3/c1-2-16-8-12-9-17-14(18-10-12)7-11-3-5-13(15)6-4-11/h3-6,9-10,16H,2,7-8H2,1H3. The van der Waals surface area contributed by atoms with Crippen molar-refractivity contribution >= 4 is 15.9 Å². The number of nitrogens with zero attached hydrogens (tertiary/aromatic N) is 2. The van der Waals surface area contributed by atoms with Crippen molar-refractivity contribution in [2.24, 2.45) is 0 Å². The molecule has 0 spiro atoms. The van der Waals surface area contributed by atoms with E-state index in [0.717, 1.165) is 35.4 Å². The summed E-state index contributed by atoms with van der Waals surface area (Å²) in [6.45, 7) is 3.87. The van der Waals surface area contributed by atoms with E-state index < -0.39 is 0 Å². The quantitative estimate of drug-likeness (QED) is 0.923. The fourth-order valence-electron chi connectivity index (χ4n) is 1.62. The number of rotatable bonds is 5. The Morgan fingerprint density at radius 2 is 1.72 bits per heavy atom. The number of hydrogen-bond acceptors (Lipinski definition) is 3. The first-order chi connectivity index (χ1) is 8.78. The topological polar surface area (TPSA) is 37.8 Å². The summed E-state index contributed by atoms with van der Waals surface area (Å²) in [7, 11) is 0. The average molecular weight is 306 g/mol. The highest BCUT2D eigenvalue weighted by atomic mass is 79.9. The van der Waals surface area contributed by atoms with Crippen LogP contribution in [0.2, 0.25) is 0 Å². The van der Waals surface area contributed by atoms with Crippen LogP contribution in [0, 0.1) is 0 Å². The van der Waals surface area contributed by atoms with Crippen LogP contribution < -0.4 is 5.32 Å². The highest BCUT2D eigenvalue weighted by molar-refractivity contribution is 9.10. The van der Waals surface area contributed by atoms with Crippen molar-refractivity contribution < 1.29 is 0 Å². The molecule has 0 bridgehead atoms. The van der Waals surface area contributed by atoms with Crippen molar-refractivity contribution in [3.63, 3.8) is 0 Å². The molecule has 0 aliphatic carbocycles. The number of nitrogens with one attached hydrogen (secondary N) is 1. The SMILES string of the molecule is CCNCc1cnc(Cc2ccc(Br)cc2)nc1. The second kappa shape index (κ2) is 6.61.